The van der Waals surface area contributed by atoms with Crippen LogP contribution in [0.15, 0.2) is 5.11 Å². The first-order valence-electron chi connectivity index (χ1n) is 1.46. The van der Waals surface area contributed by atoms with Crippen LogP contribution < -0.4 is 0 Å². The lowest BCUT2D eigenvalue weighted by Crippen LogP contribution is -1.86. The predicted molar refractivity (Wildman–Crippen MR) is 27.9 cm³/mol. The Morgan fingerprint density at radius 2 is 2.57 bits per heavy atom. The second-order valence-electron chi connectivity index (χ2n) is 0.744. The second kappa shape index (κ2) is 3.64. The zero-order valence-electron chi connectivity index (χ0n) is 3.33. The summed E-state index contributed by atoms with van der Waals surface area (Å²) in [5, 5.41) is 2.96. The molecule has 4 nitrogen and oxygen atoms in total. The molecule has 0 aliphatic carbocycles. The van der Waals surface area contributed by atoms with Crippen LogP contribution in [0.2, 0.25) is 0 Å². The quantitative estimate of drug-likeness (QED) is 0.262. The van der Waals surface area contributed by atoms with E-state index in [0.29, 0.717) is 0 Å². The minimum Gasteiger partial charge on any atom is -0.287 e. The highest BCUT2D eigenvalue weighted by Gasteiger charge is 1.85. The number of hydrogen-bond donors (Lipinski definition) is 0. The Kier molecular flexibility index (Phi) is 3.36. The van der Waals surface area contributed by atoms with E-state index in [1.165, 1.54) is 0 Å². The molecule has 0 saturated heterocycles. The highest BCUT2D eigenvalue weighted by molar-refractivity contribution is 9.18. The van der Waals surface area contributed by atoms with Gasteiger partial charge < -0.3 is 0 Å². The van der Waals surface area contributed by atoms with E-state index in [4.69, 9.17) is 5.53 Å². The van der Waals surface area contributed by atoms with E-state index >= 15 is 0 Å². The van der Waals surface area contributed by atoms with Crippen LogP contribution in [0.25, 0.3) is 10.4 Å². The SMILES string of the molecule is [N-]=[N+]=NCC(=O)Br. The summed E-state index contributed by atoms with van der Waals surface area (Å²) in [6.07, 6.45) is 0. The summed E-state index contributed by atoms with van der Waals surface area (Å²) in [6.45, 7) is -0.115. The number of rotatable bonds is 2. The van der Waals surface area contributed by atoms with Crippen LogP contribution in [0.3, 0.4) is 0 Å². The number of azide groups is 1. The largest absolute Gasteiger partial charge is 0.287 e. The van der Waals surface area contributed by atoms with Gasteiger partial charge in [-0.2, -0.15) is 0 Å². The summed E-state index contributed by atoms with van der Waals surface area (Å²) in [5.41, 5.74) is 7.60. The van der Waals surface area contributed by atoms with E-state index in [-0.39, 0.29) is 11.2 Å². The second-order valence-corrected chi connectivity index (χ2v) is 1.63. The van der Waals surface area contributed by atoms with E-state index < -0.39 is 0 Å². The highest BCUT2D eigenvalue weighted by atomic mass is 79.9. The minimum absolute atomic E-state index is 0.115. The molecule has 0 saturated carbocycles. The Morgan fingerprint density at radius 1 is 2.00 bits per heavy atom. The molecule has 0 aromatic carbocycles. The monoisotopic (exact) mass is 163 g/mol. The Labute approximate surface area is 48.3 Å². The van der Waals surface area contributed by atoms with Crippen LogP contribution in [0.4, 0.5) is 0 Å². The summed E-state index contributed by atoms with van der Waals surface area (Å²) < 4.78 is -0.301. The Morgan fingerprint density at radius 3 is 2.71 bits per heavy atom. The first-order valence-corrected chi connectivity index (χ1v) is 2.26. The lowest BCUT2D eigenvalue weighted by Gasteiger charge is -1.71. The summed E-state index contributed by atoms with van der Waals surface area (Å²) in [4.78, 5) is 12.2. The summed E-state index contributed by atoms with van der Waals surface area (Å²) in [6, 6.07) is 0. The number of halogens is 1. The average molecular weight is 164 g/mol. The van der Waals surface area contributed by atoms with Crippen molar-refractivity contribution in [3.63, 3.8) is 0 Å². The topological polar surface area (TPSA) is 65.8 Å². The third-order valence-corrected chi connectivity index (χ3v) is 0.509. The van der Waals surface area contributed by atoms with E-state index in [1.807, 2.05) is 0 Å². The molecule has 0 amide bonds. The third kappa shape index (κ3) is 5.46. The van der Waals surface area contributed by atoms with Gasteiger partial charge >= 0.3 is 0 Å². The molecule has 38 valence electrons. The number of carbonyl (C=O) groups excluding carboxylic acids is 1. The molecular weight excluding hydrogens is 162 g/mol. The lowest BCUT2D eigenvalue weighted by atomic mass is 10.8. The minimum atomic E-state index is -0.301. The molecule has 0 aromatic heterocycles. The van der Waals surface area contributed by atoms with Gasteiger partial charge in [-0.15, -0.1) is 0 Å². The molecule has 0 aliphatic rings. The maximum absolute atomic E-state index is 9.85. The van der Waals surface area contributed by atoms with Crippen molar-refractivity contribution in [3.05, 3.63) is 10.4 Å². The van der Waals surface area contributed by atoms with Crippen molar-refractivity contribution >= 4 is 20.6 Å². The standard InChI is InChI=1S/C2H2BrN3O/c3-2(7)1-5-6-4/h1H2. The predicted octanol–water partition coefficient (Wildman–Crippen LogP) is 1.22. The van der Waals surface area contributed by atoms with Gasteiger partial charge in [0.25, 0.3) is 0 Å². The molecule has 0 rings (SSSR count). The van der Waals surface area contributed by atoms with Gasteiger partial charge in [0.05, 0.1) is 6.54 Å². The van der Waals surface area contributed by atoms with E-state index in [2.05, 4.69) is 26.0 Å². The van der Waals surface area contributed by atoms with E-state index in [1.54, 1.807) is 0 Å². The van der Waals surface area contributed by atoms with Crippen molar-refractivity contribution in [1.29, 1.82) is 0 Å². The number of carbonyl (C=O) groups is 1. The number of hydrogen-bond acceptors (Lipinski definition) is 2. The van der Waals surface area contributed by atoms with Crippen LogP contribution in [0.5, 0.6) is 0 Å². The fourth-order valence-electron chi connectivity index (χ4n) is 0.0872. The molecule has 0 unspecified atom stereocenters. The zero-order valence-corrected chi connectivity index (χ0v) is 4.92. The maximum atomic E-state index is 9.85. The van der Waals surface area contributed by atoms with Gasteiger partial charge in [-0.3, -0.25) is 4.79 Å². The van der Waals surface area contributed by atoms with Gasteiger partial charge in [-0.1, -0.05) is 5.11 Å². The van der Waals surface area contributed by atoms with Crippen LogP contribution in [0, 0.1) is 0 Å². The molecule has 0 bridgehead atoms. The smallest absolute Gasteiger partial charge is 0.203 e. The van der Waals surface area contributed by atoms with E-state index in [0.717, 1.165) is 0 Å². The maximum Gasteiger partial charge on any atom is 0.203 e. The van der Waals surface area contributed by atoms with Gasteiger partial charge in [-0.25, -0.2) is 0 Å². The Hall–Kier alpha value is -0.540. The molecule has 0 radical (unpaired) electrons. The zero-order chi connectivity index (χ0) is 5.70. The van der Waals surface area contributed by atoms with Crippen molar-refractivity contribution < 1.29 is 4.79 Å². The van der Waals surface area contributed by atoms with Gasteiger partial charge in [-0.05, 0) is 21.5 Å². The molecule has 0 aliphatic heterocycles. The average Bonchev–Trinajstić information content (AvgIpc) is 1.61. The van der Waals surface area contributed by atoms with Crippen LogP contribution >= 0.6 is 15.9 Å². The first kappa shape index (κ1) is 6.46. The molecular formula is C2H2BrN3O. The normalized spacial score (nSPS) is 7.00. The molecule has 0 spiro atoms. The van der Waals surface area contributed by atoms with Crippen molar-refractivity contribution in [1.82, 2.24) is 0 Å². The molecule has 7 heavy (non-hydrogen) atoms. The van der Waals surface area contributed by atoms with Gasteiger partial charge in [0.1, 0.15) is 0 Å². The van der Waals surface area contributed by atoms with E-state index in [9.17, 15) is 4.79 Å². The Bertz CT molecular complexity index is 116. The van der Waals surface area contributed by atoms with Gasteiger partial charge in [0.15, 0.2) is 0 Å². The van der Waals surface area contributed by atoms with Crippen molar-refractivity contribution in [2.45, 2.75) is 0 Å². The fourth-order valence-corrected chi connectivity index (χ4v) is 0.199. The fraction of sp³-hybridized carbons (Fsp3) is 0.500. The summed E-state index contributed by atoms with van der Waals surface area (Å²) in [5.74, 6) is 0. The van der Waals surface area contributed by atoms with Crippen LogP contribution in [0.1, 0.15) is 0 Å². The van der Waals surface area contributed by atoms with Crippen molar-refractivity contribution in [2.24, 2.45) is 5.11 Å². The van der Waals surface area contributed by atoms with Crippen LogP contribution in [-0.4, -0.2) is 11.2 Å². The molecule has 0 aromatic rings. The molecule has 0 atom stereocenters. The first-order chi connectivity index (χ1) is 3.27. The third-order valence-electron chi connectivity index (χ3n) is 0.258. The molecule has 0 fully saturated rings. The molecule has 0 N–H and O–H groups in total. The lowest BCUT2D eigenvalue weighted by molar-refractivity contribution is -0.109. The van der Waals surface area contributed by atoms with Crippen molar-refractivity contribution in [3.8, 4) is 0 Å². The van der Waals surface area contributed by atoms with Gasteiger partial charge in [0, 0.05) is 4.91 Å². The van der Waals surface area contributed by atoms with Gasteiger partial charge in [0.2, 0.25) is 4.69 Å². The molecule has 0 heterocycles. The molecule has 5 heteroatoms. The number of nitrogens with zero attached hydrogens (tertiary/aromatic N) is 3. The summed E-state index contributed by atoms with van der Waals surface area (Å²) >= 11 is 2.57. The highest BCUT2D eigenvalue weighted by Crippen LogP contribution is 1.83. The Balaban J connectivity index is 3.32. The van der Waals surface area contributed by atoms with Crippen LogP contribution in [-0.2, 0) is 4.79 Å². The summed E-state index contributed by atoms with van der Waals surface area (Å²) in [7, 11) is 0. The van der Waals surface area contributed by atoms with Crippen molar-refractivity contribution in [2.75, 3.05) is 6.54 Å².